The van der Waals surface area contributed by atoms with E-state index in [4.69, 9.17) is 0 Å². The van der Waals surface area contributed by atoms with Gasteiger partial charge in [-0.25, -0.2) is 4.68 Å². The molecule has 4 heterocycles. The number of aryl methyl sites for hydroxylation is 2. The molecule has 1 aliphatic heterocycles. The van der Waals surface area contributed by atoms with E-state index in [1.165, 1.54) is 9.56 Å². The van der Waals surface area contributed by atoms with Crippen LogP contribution in [0.4, 0.5) is 0 Å². The summed E-state index contributed by atoms with van der Waals surface area (Å²) in [6, 6.07) is 3.99. The predicted octanol–water partition coefficient (Wildman–Crippen LogP) is 2.59. The second-order valence-corrected chi connectivity index (χ2v) is 8.36. The van der Waals surface area contributed by atoms with Crippen molar-refractivity contribution >= 4 is 33.0 Å². The Morgan fingerprint density at radius 1 is 1.32 bits per heavy atom. The maximum Gasteiger partial charge on any atom is 0.291 e. The van der Waals surface area contributed by atoms with E-state index in [0.29, 0.717) is 11.4 Å². The molecule has 0 unspecified atom stereocenters. The zero-order valence-corrected chi connectivity index (χ0v) is 15.6. The Labute approximate surface area is 149 Å². The van der Waals surface area contributed by atoms with Gasteiger partial charge in [0.05, 0.1) is 10.2 Å². The number of carbonyl (C=O) groups excluding carboxylic acids is 1. The molecule has 1 saturated heterocycles. The Morgan fingerprint density at radius 3 is 2.88 bits per heavy atom. The highest BCUT2D eigenvalue weighted by atomic mass is 32.1. The highest BCUT2D eigenvalue weighted by Crippen LogP contribution is 2.28. The Bertz CT molecular complexity index is 1030. The van der Waals surface area contributed by atoms with Crippen LogP contribution in [0.5, 0.6) is 0 Å². The topological polar surface area (TPSA) is 59.6 Å². The van der Waals surface area contributed by atoms with Crippen LogP contribution in [-0.4, -0.2) is 38.1 Å². The van der Waals surface area contributed by atoms with Crippen LogP contribution < -0.4 is 5.56 Å². The van der Waals surface area contributed by atoms with E-state index in [1.54, 1.807) is 11.3 Å². The third kappa shape index (κ3) is 2.76. The molecule has 0 N–H and O–H groups in total. The summed E-state index contributed by atoms with van der Waals surface area (Å²) >= 11 is 1.67. The molecule has 6 nitrogen and oxygen atoms in total. The van der Waals surface area contributed by atoms with E-state index in [0.717, 1.165) is 42.0 Å². The van der Waals surface area contributed by atoms with Crippen molar-refractivity contribution in [2.75, 3.05) is 13.1 Å². The maximum absolute atomic E-state index is 12.8. The van der Waals surface area contributed by atoms with Crippen molar-refractivity contribution < 1.29 is 4.79 Å². The first kappa shape index (κ1) is 16.3. The molecule has 4 rings (SSSR count). The Balaban J connectivity index is 1.71. The van der Waals surface area contributed by atoms with Crippen LogP contribution in [0.1, 0.15) is 30.5 Å². The zero-order valence-electron chi connectivity index (χ0n) is 14.8. The third-order valence-corrected chi connectivity index (χ3v) is 5.94. The molecule has 0 aromatic carbocycles. The van der Waals surface area contributed by atoms with Crippen LogP contribution >= 0.6 is 11.3 Å². The summed E-state index contributed by atoms with van der Waals surface area (Å²) in [4.78, 5) is 28.5. The minimum atomic E-state index is -0.204. The number of hydrogen-bond donors (Lipinski definition) is 0. The maximum atomic E-state index is 12.8. The molecule has 7 heteroatoms. The number of thiophene rings is 1. The minimum absolute atomic E-state index is 0.0146. The van der Waals surface area contributed by atoms with Gasteiger partial charge >= 0.3 is 0 Å². The number of fused-ring (bicyclic) bond motifs is 3. The highest BCUT2D eigenvalue weighted by molar-refractivity contribution is 7.19. The fraction of sp³-hybridized carbons (Fsp3) is 0.500. The number of likely N-dealkylation sites (tertiary alicyclic amines) is 1. The van der Waals surface area contributed by atoms with Gasteiger partial charge < -0.3 is 4.90 Å². The highest BCUT2D eigenvalue weighted by Gasteiger charge is 2.22. The fourth-order valence-corrected chi connectivity index (χ4v) is 4.71. The van der Waals surface area contributed by atoms with Crippen LogP contribution in [0.25, 0.3) is 15.7 Å². The third-order valence-electron chi connectivity index (χ3n) is 4.95. The molecule has 3 aromatic heterocycles. The number of amides is 1. The average Bonchev–Trinajstić information content (AvgIpc) is 3.08. The molecule has 1 amide bonds. The Morgan fingerprint density at radius 2 is 2.12 bits per heavy atom. The molecule has 1 atom stereocenters. The van der Waals surface area contributed by atoms with Crippen molar-refractivity contribution in [2.24, 2.45) is 5.92 Å². The summed E-state index contributed by atoms with van der Waals surface area (Å²) in [5, 5.41) is 4.41. The molecule has 0 radical (unpaired) electrons. The summed E-state index contributed by atoms with van der Waals surface area (Å²) in [5.74, 6) is 1.23. The smallest absolute Gasteiger partial charge is 0.291 e. The van der Waals surface area contributed by atoms with E-state index < -0.39 is 0 Å². The first-order valence-electron chi connectivity index (χ1n) is 8.71. The van der Waals surface area contributed by atoms with Gasteiger partial charge in [0.25, 0.3) is 5.56 Å². The van der Waals surface area contributed by atoms with Crippen LogP contribution in [0, 0.1) is 19.8 Å². The summed E-state index contributed by atoms with van der Waals surface area (Å²) in [7, 11) is 0. The first-order chi connectivity index (χ1) is 11.9. The lowest BCUT2D eigenvalue weighted by atomic mass is 10.0. The number of aromatic nitrogens is 3. The molecule has 1 aliphatic rings. The van der Waals surface area contributed by atoms with E-state index in [9.17, 15) is 9.59 Å². The minimum Gasteiger partial charge on any atom is -0.341 e. The van der Waals surface area contributed by atoms with Gasteiger partial charge in [-0.2, -0.15) is 5.10 Å². The molecule has 3 aromatic rings. The van der Waals surface area contributed by atoms with Crippen LogP contribution in [0.15, 0.2) is 16.9 Å². The van der Waals surface area contributed by atoms with Crippen molar-refractivity contribution in [3.63, 3.8) is 0 Å². The van der Waals surface area contributed by atoms with E-state index >= 15 is 0 Å². The lowest BCUT2D eigenvalue weighted by Gasteiger charge is -2.31. The van der Waals surface area contributed by atoms with Crippen molar-refractivity contribution in [1.29, 1.82) is 0 Å². The largest absolute Gasteiger partial charge is 0.341 e. The quantitative estimate of drug-likeness (QED) is 0.707. The molecule has 1 fully saturated rings. The Kier molecular flexibility index (Phi) is 3.91. The van der Waals surface area contributed by atoms with E-state index in [2.05, 4.69) is 25.0 Å². The van der Waals surface area contributed by atoms with Crippen LogP contribution in [-0.2, 0) is 11.3 Å². The van der Waals surface area contributed by atoms with Gasteiger partial charge in [-0.15, -0.1) is 11.3 Å². The Hall–Kier alpha value is -2.15. The number of carbonyl (C=O) groups is 1. The monoisotopic (exact) mass is 358 g/mol. The van der Waals surface area contributed by atoms with E-state index in [-0.39, 0.29) is 18.0 Å². The number of hydrogen-bond acceptors (Lipinski definition) is 4. The normalized spacial score (nSPS) is 18.4. The molecule has 132 valence electrons. The molecule has 0 bridgehead atoms. The van der Waals surface area contributed by atoms with Crippen molar-refractivity contribution in [2.45, 2.75) is 40.2 Å². The molecule has 0 aliphatic carbocycles. The van der Waals surface area contributed by atoms with Gasteiger partial charge in [-0.3, -0.25) is 14.0 Å². The van der Waals surface area contributed by atoms with E-state index in [1.807, 2.05) is 22.3 Å². The second-order valence-electron chi connectivity index (χ2n) is 7.07. The van der Waals surface area contributed by atoms with Gasteiger partial charge in [-0.05, 0) is 44.7 Å². The fourth-order valence-electron chi connectivity index (χ4n) is 3.77. The predicted molar refractivity (Wildman–Crippen MR) is 99.3 cm³/mol. The van der Waals surface area contributed by atoms with Gasteiger partial charge in [0.2, 0.25) is 5.91 Å². The lowest BCUT2D eigenvalue weighted by molar-refractivity contribution is -0.133. The van der Waals surface area contributed by atoms with Gasteiger partial charge in [0, 0.05) is 18.0 Å². The molecule has 25 heavy (non-hydrogen) atoms. The summed E-state index contributed by atoms with van der Waals surface area (Å²) < 4.78 is 4.29. The van der Waals surface area contributed by atoms with Crippen LogP contribution in [0.3, 0.4) is 0 Å². The van der Waals surface area contributed by atoms with Crippen molar-refractivity contribution in [3.8, 4) is 0 Å². The number of nitrogens with zero attached hydrogens (tertiary/aromatic N) is 4. The second kappa shape index (κ2) is 5.98. The molecular formula is C18H22N4O2S. The van der Waals surface area contributed by atoms with Gasteiger partial charge in [-0.1, -0.05) is 6.92 Å². The molecule has 0 saturated carbocycles. The standard InChI is InChI=1S/C18H22N4O2S/c1-11-5-4-6-20(9-11)17(23)10-21-18(24)15-8-16-14(7-12(2)25-16)22(15)13(3)19-21/h7-8,11H,4-6,9-10H2,1-3H3/t11-/m0/s1. The summed E-state index contributed by atoms with van der Waals surface area (Å²) in [6.07, 6.45) is 2.19. The number of rotatable bonds is 2. The van der Waals surface area contributed by atoms with Gasteiger partial charge in [0.1, 0.15) is 17.9 Å². The summed E-state index contributed by atoms with van der Waals surface area (Å²) in [5.41, 5.74) is 1.40. The lowest BCUT2D eigenvalue weighted by Crippen LogP contribution is -2.42. The zero-order chi connectivity index (χ0) is 17.7. The molecule has 0 spiro atoms. The van der Waals surface area contributed by atoms with Gasteiger partial charge in [0.15, 0.2) is 0 Å². The average molecular weight is 358 g/mol. The first-order valence-corrected chi connectivity index (χ1v) is 9.53. The SMILES string of the molecule is Cc1cc2c(cc3c(=O)n(CC(=O)N4CCC[C@H](C)C4)nc(C)n32)s1. The summed E-state index contributed by atoms with van der Waals surface area (Å²) in [6.45, 7) is 7.66. The van der Waals surface area contributed by atoms with Crippen molar-refractivity contribution in [3.05, 3.63) is 33.2 Å². The number of piperidine rings is 1. The van der Waals surface area contributed by atoms with Crippen molar-refractivity contribution in [1.82, 2.24) is 19.1 Å². The van der Waals surface area contributed by atoms with Crippen LogP contribution in [0.2, 0.25) is 0 Å². The molecular weight excluding hydrogens is 336 g/mol.